The third-order valence-corrected chi connectivity index (χ3v) is 2.90. The molecule has 0 amide bonds. The van der Waals surface area contributed by atoms with Gasteiger partial charge in [0.1, 0.15) is 11.4 Å². The SMILES string of the molecule is O=C(O)C1(Nc2ccccn2)CCNCC1. The highest BCUT2D eigenvalue weighted by molar-refractivity contribution is 5.82. The van der Waals surface area contributed by atoms with Gasteiger partial charge in [-0.15, -0.1) is 0 Å². The molecule has 0 atom stereocenters. The van der Waals surface area contributed by atoms with Crippen LogP contribution in [0.1, 0.15) is 12.8 Å². The number of carboxylic acid groups (broad SMARTS) is 1. The number of anilines is 1. The summed E-state index contributed by atoms with van der Waals surface area (Å²) in [6.07, 6.45) is 2.79. The van der Waals surface area contributed by atoms with Gasteiger partial charge in [-0.1, -0.05) is 6.07 Å². The van der Waals surface area contributed by atoms with Crippen LogP contribution >= 0.6 is 0 Å². The van der Waals surface area contributed by atoms with Crippen LogP contribution in [0.3, 0.4) is 0 Å². The van der Waals surface area contributed by atoms with Crippen molar-refractivity contribution in [3.8, 4) is 0 Å². The standard InChI is InChI=1S/C11H15N3O2/c15-10(16)11(4-7-12-8-5-11)14-9-3-1-2-6-13-9/h1-3,6,12H,4-5,7-8H2,(H,13,14)(H,15,16). The minimum Gasteiger partial charge on any atom is -0.480 e. The molecule has 0 spiro atoms. The Morgan fingerprint density at radius 2 is 2.19 bits per heavy atom. The smallest absolute Gasteiger partial charge is 0.329 e. The first-order valence-electron chi connectivity index (χ1n) is 5.36. The van der Waals surface area contributed by atoms with Crippen molar-refractivity contribution < 1.29 is 9.90 Å². The van der Waals surface area contributed by atoms with E-state index in [2.05, 4.69) is 15.6 Å². The number of nitrogens with zero attached hydrogens (tertiary/aromatic N) is 1. The zero-order valence-corrected chi connectivity index (χ0v) is 8.94. The fourth-order valence-electron chi connectivity index (χ4n) is 1.93. The van der Waals surface area contributed by atoms with E-state index in [-0.39, 0.29) is 0 Å². The molecule has 3 N–H and O–H groups in total. The lowest BCUT2D eigenvalue weighted by molar-refractivity contribution is -0.143. The van der Waals surface area contributed by atoms with E-state index >= 15 is 0 Å². The van der Waals surface area contributed by atoms with E-state index in [1.807, 2.05) is 6.07 Å². The fourth-order valence-corrected chi connectivity index (χ4v) is 1.93. The van der Waals surface area contributed by atoms with Gasteiger partial charge in [0.2, 0.25) is 0 Å². The Kier molecular flexibility index (Phi) is 3.05. The highest BCUT2D eigenvalue weighted by Gasteiger charge is 2.39. The molecule has 5 heteroatoms. The van der Waals surface area contributed by atoms with Gasteiger partial charge in [-0.25, -0.2) is 9.78 Å². The quantitative estimate of drug-likeness (QED) is 0.700. The fraction of sp³-hybridized carbons (Fsp3) is 0.455. The number of rotatable bonds is 3. The number of aliphatic carboxylic acids is 1. The van der Waals surface area contributed by atoms with Gasteiger partial charge in [0.25, 0.3) is 0 Å². The number of piperidine rings is 1. The van der Waals surface area contributed by atoms with Crippen molar-refractivity contribution in [2.24, 2.45) is 0 Å². The maximum atomic E-state index is 11.4. The van der Waals surface area contributed by atoms with E-state index in [0.29, 0.717) is 31.7 Å². The highest BCUT2D eigenvalue weighted by atomic mass is 16.4. The summed E-state index contributed by atoms with van der Waals surface area (Å²) in [6.45, 7) is 1.43. The van der Waals surface area contributed by atoms with Crippen molar-refractivity contribution in [2.75, 3.05) is 18.4 Å². The molecule has 1 aliphatic rings. The van der Waals surface area contributed by atoms with Crippen molar-refractivity contribution in [3.63, 3.8) is 0 Å². The normalized spacial score (nSPS) is 19.0. The van der Waals surface area contributed by atoms with E-state index in [1.165, 1.54) is 0 Å². The number of carbonyl (C=O) groups is 1. The molecule has 16 heavy (non-hydrogen) atoms. The molecule has 0 aliphatic carbocycles. The topological polar surface area (TPSA) is 74.2 Å². The van der Waals surface area contributed by atoms with Crippen LogP contribution in [0.15, 0.2) is 24.4 Å². The predicted octanol–water partition coefficient (Wildman–Crippen LogP) is 0.700. The molecule has 0 radical (unpaired) electrons. The summed E-state index contributed by atoms with van der Waals surface area (Å²) in [6, 6.07) is 5.43. The van der Waals surface area contributed by atoms with E-state index in [1.54, 1.807) is 18.3 Å². The van der Waals surface area contributed by atoms with Gasteiger partial charge < -0.3 is 15.7 Å². The predicted molar refractivity (Wildman–Crippen MR) is 60.3 cm³/mol. The number of carboxylic acids is 1. The van der Waals surface area contributed by atoms with Crippen molar-refractivity contribution in [3.05, 3.63) is 24.4 Å². The lowest BCUT2D eigenvalue weighted by Crippen LogP contribution is -2.53. The number of nitrogens with one attached hydrogen (secondary N) is 2. The van der Waals surface area contributed by atoms with Crippen LogP contribution in [0.5, 0.6) is 0 Å². The molecular formula is C11H15N3O2. The van der Waals surface area contributed by atoms with E-state index in [0.717, 1.165) is 0 Å². The van der Waals surface area contributed by atoms with Gasteiger partial charge in [0.05, 0.1) is 0 Å². The molecule has 5 nitrogen and oxygen atoms in total. The second-order valence-corrected chi connectivity index (χ2v) is 3.98. The zero-order chi connectivity index (χ0) is 11.4. The van der Waals surface area contributed by atoms with Crippen LogP contribution in [0.2, 0.25) is 0 Å². The lowest BCUT2D eigenvalue weighted by atomic mass is 9.88. The minimum atomic E-state index is -0.875. The van der Waals surface area contributed by atoms with Crippen LogP contribution in [0.25, 0.3) is 0 Å². The minimum absolute atomic E-state index is 0.568. The van der Waals surface area contributed by atoms with Gasteiger partial charge in [0, 0.05) is 6.20 Å². The molecule has 1 aliphatic heterocycles. The van der Waals surface area contributed by atoms with E-state index in [4.69, 9.17) is 0 Å². The average Bonchev–Trinajstić information content (AvgIpc) is 2.31. The third kappa shape index (κ3) is 2.14. The van der Waals surface area contributed by atoms with E-state index in [9.17, 15) is 9.90 Å². The van der Waals surface area contributed by atoms with Gasteiger partial charge in [-0.2, -0.15) is 0 Å². The van der Waals surface area contributed by atoms with Crippen LogP contribution in [-0.2, 0) is 4.79 Å². The zero-order valence-electron chi connectivity index (χ0n) is 8.94. The summed E-state index contributed by atoms with van der Waals surface area (Å²) in [5.41, 5.74) is -0.875. The second kappa shape index (κ2) is 4.49. The Bertz CT molecular complexity index is 361. The summed E-state index contributed by atoms with van der Waals surface area (Å²) in [5.74, 6) is -0.188. The van der Waals surface area contributed by atoms with Crippen LogP contribution in [-0.4, -0.2) is 34.7 Å². The molecule has 0 aromatic carbocycles. The molecule has 1 aromatic heterocycles. The van der Waals surface area contributed by atoms with Crippen molar-refractivity contribution >= 4 is 11.8 Å². The van der Waals surface area contributed by atoms with Gasteiger partial charge >= 0.3 is 5.97 Å². The van der Waals surface area contributed by atoms with Crippen LogP contribution in [0.4, 0.5) is 5.82 Å². The van der Waals surface area contributed by atoms with Gasteiger partial charge in [0.15, 0.2) is 0 Å². The maximum absolute atomic E-state index is 11.4. The molecular weight excluding hydrogens is 206 g/mol. The summed E-state index contributed by atoms with van der Waals surface area (Å²) in [7, 11) is 0. The summed E-state index contributed by atoms with van der Waals surface area (Å²) in [4.78, 5) is 15.5. The molecule has 0 saturated carbocycles. The molecule has 1 aromatic rings. The maximum Gasteiger partial charge on any atom is 0.329 e. The summed E-state index contributed by atoms with van der Waals surface area (Å²) < 4.78 is 0. The Hall–Kier alpha value is -1.62. The molecule has 1 fully saturated rings. The van der Waals surface area contributed by atoms with Crippen LogP contribution < -0.4 is 10.6 Å². The van der Waals surface area contributed by atoms with Crippen molar-refractivity contribution in [1.29, 1.82) is 0 Å². The molecule has 0 bridgehead atoms. The van der Waals surface area contributed by atoms with Crippen molar-refractivity contribution in [2.45, 2.75) is 18.4 Å². The second-order valence-electron chi connectivity index (χ2n) is 3.98. The number of hydrogen-bond donors (Lipinski definition) is 3. The Morgan fingerprint density at radius 1 is 1.44 bits per heavy atom. The largest absolute Gasteiger partial charge is 0.480 e. The summed E-state index contributed by atoms with van der Waals surface area (Å²) >= 11 is 0. The van der Waals surface area contributed by atoms with Gasteiger partial charge in [-0.05, 0) is 38.1 Å². The molecule has 2 heterocycles. The Morgan fingerprint density at radius 3 is 2.75 bits per heavy atom. The van der Waals surface area contributed by atoms with E-state index < -0.39 is 11.5 Å². The molecule has 2 rings (SSSR count). The highest BCUT2D eigenvalue weighted by Crippen LogP contribution is 2.23. The first kappa shape index (κ1) is 10.9. The monoisotopic (exact) mass is 221 g/mol. The Labute approximate surface area is 93.9 Å². The number of hydrogen-bond acceptors (Lipinski definition) is 4. The average molecular weight is 221 g/mol. The molecule has 1 saturated heterocycles. The molecule has 86 valence electrons. The lowest BCUT2D eigenvalue weighted by Gasteiger charge is -2.34. The first-order valence-corrected chi connectivity index (χ1v) is 5.36. The molecule has 0 unspecified atom stereocenters. The number of pyridine rings is 1. The summed E-state index contributed by atoms with van der Waals surface area (Å²) in [5, 5.41) is 15.5. The third-order valence-electron chi connectivity index (χ3n) is 2.90. The Balaban J connectivity index is 2.17. The van der Waals surface area contributed by atoms with Crippen LogP contribution in [0, 0.1) is 0 Å². The number of aromatic nitrogens is 1. The van der Waals surface area contributed by atoms with Gasteiger partial charge in [-0.3, -0.25) is 0 Å². The van der Waals surface area contributed by atoms with Crippen molar-refractivity contribution in [1.82, 2.24) is 10.3 Å². The first-order chi connectivity index (χ1) is 7.73.